The fraction of sp³-hybridized carbons (Fsp3) is 0.273. The van der Waals surface area contributed by atoms with Crippen LogP contribution in [0, 0.1) is 5.82 Å². The van der Waals surface area contributed by atoms with Gasteiger partial charge in [-0.25, -0.2) is 4.39 Å². The first-order chi connectivity index (χ1) is 7.16. The second kappa shape index (κ2) is 3.81. The van der Waals surface area contributed by atoms with Gasteiger partial charge in [0.1, 0.15) is 11.5 Å². The Morgan fingerprint density at radius 2 is 2.00 bits per heavy atom. The molecule has 4 heteroatoms. The van der Waals surface area contributed by atoms with E-state index in [1.165, 1.54) is 12.3 Å². The predicted molar refractivity (Wildman–Crippen MR) is 55.8 cm³/mol. The lowest BCUT2D eigenvalue weighted by atomic mass is 10.3. The minimum Gasteiger partial charge on any atom is -0.270 e. The quantitative estimate of drug-likeness (QED) is 0.754. The third kappa shape index (κ3) is 2.03. The van der Waals surface area contributed by atoms with Crippen molar-refractivity contribution in [3.63, 3.8) is 0 Å². The number of nitrogens with zero attached hydrogens (tertiary/aromatic N) is 3. The molecule has 0 N–H and O–H groups in total. The van der Waals surface area contributed by atoms with Crippen molar-refractivity contribution in [3.8, 4) is 11.4 Å². The molecule has 0 bridgehead atoms. The van der Waals surface area contributed by atoms with Gasteiger partial charge in [-0.15, -0.1) is 0 Å². The highest BCUT2D eigenvalue weighted by atomic mass is 19.1. The lowest BCUT2D eigenvalue weighted by Crippen LogP contribution is -2.00. The van der Waals surface area contributed by atoms with E-state index in [-0.39, 0.29) is 5.82 Å². The Morgan fingerprint density at radius 3 is 2.53 bits per heavy atom. The zero-order chi connectivity index (χ0) is 10.8. The van der Waals surface area contributed by atoms with Crippen LogP contribution in [-0.2, 0) is 0 Å². The first-order valence-electron chi connectivity index (χ1n) is 4.84. The lowest BCUT2D eigenvalue weighted by molar-refractivity contribution is 0.534. The van der Waals surface area contributed by atoms with Crippen LogP contribution < -0.4 is 0 Å². The molecule has 0 spiro atoms. The van der Waals surface area contributed by atoms with Crippen LogP contribution in [0.5, 0.6) is 0 Å². The molecule has 0 saturated heterocycles. The van der Waals surface area contributed by atoms with Crippen LogP contribution in [0.2, 0.25) is 0 Å². The molecule has 0 aliphatic carbocycles. The number of hydrogen-bond donors (Lipinski definition) is 0. The van der Waals surface area contributed by atoms with E-state index in [0.717, 1.165) is 5.69 Å². The van der Waals surface area contributed by atoms with E-state index in [9.17, 15) is 4.39 Å². The topological polar surface area (TPSA) is 30.7 Å². The molecule has 0 amide bonds. The standard InChI is InChI=1S/C11H12FN3/c1-8(2)15-6-5-11(14-15)10-4-3-9(12)7-13-10/h3-8H,1-2H3. The van der Waals surface area contributed by atoms with Gasteiger partial charge >= 0.3 is 0 Å². The third-order valence-corrected chi connectivity index (χ3v) is 2.13. The van der Waals surface area contributed by atoms with Crippen molar-refractivity contribution >= 4 is 0 Å². The number of halogens is 1. The zero-order valence-corrected chi connectivity index (χ0v) is 8.68. The van der Waals surface area contributed by atoms with Gasteiger partial charge in [-0.1, -0.05) is 0 Å². The summed E-state index contributed by atoms with van der Waals surface area (Å²) in [6, 6.07) is 5.21. The molecular formula is C11H12FN3. The molecule has 0 unspecified atom stereocenters. The molecule has 3 nitrogen and oxygen atoms in total. The van der Waals surface area contributed by atoms with E-state index < -0.39 is 0 Å². The van der Waals surface area contributed by atoms with Crippen molar-refractivity contribution in [2.24, 2.45) is 0 Å². The van der Waals surface area contributed by atoms with Crippen LogP contribution >= 0.6 is 0 Å². The van der Waals surface area contributed by atoms with Crippen molar-refractivity contribution in [3.05, 3.63) is 36.4 Å². The smallest absolute Gasteiger partial charge is 0.141 e. The second-order valence-corrected chi connectivity index (χ2v) is 3.64. The summed E-state index contributed by atoms with van der Waals surface area (Å²) in [7, 11) is 0. The molecule has 0 saturated carbocycles. The van der Waals surface area contributed by atoms with Crippen LogP contribution in [0.4, 0.5) is 4.39 Å². The normalized spacial score (nSPS) is 10.9. The van der Waals surface area contributed by atoms with Crippen molar-refractivity contribution < 1.29 is 4.39 Å². The van der Waals surface area contributed by atoms with Crippen LogP contribution in [0.3, 0.4) is 0 Å². The molecule has 0 fully saturated rings. The molecule has 0 atom stereocenters. The summed E-state index contributed by atoms with van der Waals surface area (Å²) in [5.41, 5.74) is 1.46. The van der Waals surface area contributed by atoms with Gasteiger partial charge in [0.05, 0.1) is 11.9 Å². The molecule has 2 aromatic rings. The maximum atomic E-state index is 12.6. The molecule has 0 radical (unpaired) electrons. The van der Waals surface area contributed by atoms with Crippen LogP contribution in [-0.4, -0.2) is 14.8 Å². The third-order valence-electron chi connectivity index (χ3n) is 2.13. The van der Waals surface area contributed by atoms with Crippen molar-refractivity contribution in [1.29, 1.82) is 0 Å². The van der Waals surface area contributed by atoms with Crippen molar-refractivity contribution in [1.82, 2.24) is 14.8 Å². The van der Waals surface area contributed by atoms with Crippen LogP contribution in [0.15, 0.2) is 30.6 Å². The highest BCUT2D eigenvalue weighted by molar-refractivity contribution is 5.52. The van der Waals surface area contributed by atoms with Gasteiger partial charge in [-0.05, 0) is 32.0 Å². The van der Waals surface area contributed by atoms with Gasteiger partial charge in [0.2, 0.25) is 0 Å². The van der Waals surface area contributed by atoms with Gasteiger partial charge in [0, 0.05) is 12.2 Å². The molecular weight excluding hydrogens is 193 g/mol. The molecule has 0 aliphatic rings. The molecule has 15 heavy (non-hydrogen) atoms. The summed E-state index contributed by atoms with van der Waals surface area (Å²) in [5, 5.41) is 4.34. The summed E-state index contributed by atoms with van der Waals surface area (Å²) in [6.07, 6.45) is 3.09. The maximum absolute atomic E-state index is 12.6. The number of aromatic nitrogens is 3. The van der Waals surface area contributed by atoms with E-state index in [0.29, 0.717) is 11.7 Å². The summed E-state index contributed by atoms with van der Waals surface area (Å²) in [5.74, 6) is -0.331. The molecule has 2 aromatic heterocycles. The summed E-state index contributed by atoms with van der Waals surface area (Å²) in [4.78, 5) is 3.97. The van der Waals surface area contributed by atoms with Gasteiger partial charge in [-0.2, -0.15) is 5.10 Å². The largest absolute Gasteiger partial charge is 0.270 e. The average Bonchev–Trinajstić information content (AvgIpc) is 2.68. The average molecular weight is 205 g/mol. The zero-order valence-electron chi connectivity index (χ0n) is 8.68. The van der Waals surface area contributed by atoms with Gasteiger partial charge in [0.15, 0.2) is 0 Å². The Hall–Kier alpha value is -1.71. The first-order valence-corrected chi connectivity index (χ1v) is 4.84. The lowest BCUT2D eigenvalue weighted by Gasteiger charge is -2.03. The summed E-state index contributed by atoms with van der Waals surface area (Å²) in [6.45, 7) is 4.10. The van der Waals surface area contributed by atoms with E-state index in [4.69, 9.17) is 0 Å². The Kier molecular flexibility index (Phi) is 2.49. The Bertz CT molecular complexity index is 445. The highest BCUT2D eigenvalue weighted by Gasteiger charge is 2.05. The minimum absolute atomic E-state index is 0.319. The number of pyridine rings is 1. The van der Waals surface area contributed by atoms with E-state index in [1.54, 1.807) is 6.07 Å². The molecule has 2 rings (SSSR count). The van der Waals surface area contributed by atoms with E-state index in [1.807, 2.05) is 16.9 Å². The Labute approximate surface area is 87.6 Å². The predicted octanol–water partition coefficient (Wildman–Crippen LogP) is 2.67. The minimum atomic E-state index is -0.331. The Balaban J connectivity index is 2.33. The molecule has 78 valence electrons. The summed E-state index contributed by atoms with van der Waals surface area (Å²) >= 11 is 0. The molecule has 0 aromatic carbocycles. The van der Waals surface area contributed by atoms with Crippen molar-refractivity contribution in [2.75, 3.05) is 0 Å². The fourth-order valence-corrected chi connectivity index (χ4v) is 1.29. The van der Waals surface area contributed by atoms with E-state index in [2.05, 4.69) is 23.9 Å². The maximum Gasteiger partial charge on any atom is 0.141 e. The molecule has 0 aliphatic heterocycles. The monoisotopic (exact) mass is 205 g/mol. The second-order valence-electron chi connectivity index (χ2n) is 3.64. The van der Waals surface area contributed by atoms with Crippen LogP contribution in [0.1, 0.15) is 19.9 Å². The van der Waals surface area contributed by atoms with Gasteiger partial charge in [-0.3, -0.25) is 9.67 Å². The first kappa shape index (κ1) is 9.83. The van der Waals surface area contributed by atoms with Crippen LogP contribution in [0.25, 0.3) is 11.4 Å². The van der Waals surface area contributed by atoms with Gasteiger partial charge in [0.25, 0.3) is 0 Å². The van der Waals surface area contributed by atoms with Crippen molar-refractivity contribution in [2.45, 2.75) is 19.9 Å². The number of rotatable bonds is 2. The highest BCUT2D eigenvalue weighted by Crippen LogP contribution is 2.15. The van der Waals surface area contributed by atoms with Gasteiger partial charge < -0.3 is 0 Å². The number of hydrogen-bond acceptors (Lipinski definition) is 2. The fourth-order valence-electron chi connectivity index (χ4n) is 1.29. The molecule has 2 heterocycles. The Morgan fingerprint density at radius 1 is 1.20 bits per heavy atom. The summed E-state index contributed by atoms with van der Waals surface area (Å²) < 4.78 is 14.5. The van der Waals surface area contributed by atoms with E-state index >= 15 is 0 Å². The SMILES string of the molecule is CC(C)n1ccc(-c2ccc(F)cn2)n1.